The molecule has 1 rings (SSSR count). The zero-order chi connectivity index (χ0) is 15.8. The molecule has 2 amide bonds. The first-order valence-electron chi connectivity index (χ1n) is 7.23. The fourth-order valence-electron chi connectivity index (χ4n) is 2.19. The van der Waals surface area contributed by atoms with Crippen LogP contribution in [0.2, 0.25) is 0 Å². The Morgan fingerprint density at radius 3 is 2.57 bits per heavy atom. The molecule has 1 aromatic rings. The Balaban J connectivity index is 2.21. The van der Waals surface area contributed by atoms with Gasteiger partial charge in [-0.15, -0.1) is 11.3 Å². The molecule has 1 unspecified atom stereocenters. The SMILES string of the molecule is Cc1cc(C(C)NC(=O)NCCCCCC(=O)O)c(C)s1. The molecule has 5 nitrogen and oxygen atoms in total. The summed E-state index contributed by atoms with van der Waals surface area (Å²) < 4.78 is 0. The molecule has 1 aromatic heterocycles. The minimum absolute atomic E-state index is 0.0121. The van der Waals surface area contributed by atoms with E-state index in [0.29, 0.717) is 13.0 Å². The molecule has 1 heterocycles. The predicted molar refractivity (Wildman–Crippen MR) is 84.8 cm³/mol. The summed E-state index contributed by atoms with van der Waals surface area (Å²) in [4.78, 5) is 24.6. The highest BCUT2D eigenvalue weighted by Crippen LogP contribution is 2.25. The van der Waals surface area contributed by atoms with E-state index in [-0.39, 0.29) is 18.5 Å². The number of carboxylic acids is 1. The first kappa shape index (κ1) is 17.5. The van der Waals surface area contributed by atoms with Gasteiger partial charge in [0.1, 0.15) is 0 Å². The van der Waals surface area contributed by atoms with Gasteiger partial charge in [-0.1, -0.05) is 6.42 Å². The smallest absolute Gasteiger partial charge is 0.315 e. The minimum Gasteiger partial charge on any atom is -0.481 e. The number of hydrogen-bond acceptors (Lipinski definition) is 3. The van der Waals surface area contributed by atoms with Crippen LogP contribution in [0.1, 0.15) is 54.0 Å². The van der Waals surface area contributed by atoms with Crippen molar-refractivity contribution >= 4 is 23.3 Å². The van der Waals surface area contributed by atoms with Crippen molar-refractivity contribution in [1.29, 1.82) is 0 Å². The van der Waals surface area contributed by atoms with Crippen molar-refractivity contribution in [2.45, 2.75) is 52.5 Å². The van der Waals surface area contributed by atoms with Crippen LogP contribution in [0.4, 0.5) is 4.79 Å². The number of hydrogen-bond donors (Lipinski definition) is 3. The summed E-state index contributed by atoms with van der Waals surface area (Å²) in [6, 6.07) is 1.92. The molecule has 1 atom stereocenters. The van der Waals surface area contributed by atoms with Crippen LogP contribution in [0, 0.1) is 13.8 Å². The Labute approximate surface area is 129 Å². The molecular formula is C15H24N2O3S. The maximum absolute atomic E-state index is 11.8. The molecule has 0 bridgehead atoms. The largest absolute Gasteiger partial charge is 0.481 e. The van der Waals surface area contributed by atoms with Crippen LogP contribution in [-0.4, -0.2) is 23.7 Å². The van der Waals surface area contributed by atoms with Gasteiger partial charge in [0.15, 0.2) is 0 Å². The molecule has 0 saturated heterocycles. The second kappa shape index (κ2) is 8.67. The van der Waals surface area contributed by atoms with Crippen molar-refractivity contribution in [3.05, 3.63) is 21.4 Å². The summed E-state index contributed by atoms with van der Waals surface area (Å²) >= 11 is 1.73. The standard InChI is InChI=1S/C15H24N2O3S/c1-10-9-13(12(3)21-10)11(2)17-15(20)16-8-6-4-5-7-14(18)19/h9,11H,4-8H2,1-3H3,(H,18,19)(H2,16,17,20). The predicted octanol–water partition coefficient (Wildman–Crippen LogP) is 3.37. The van der Waals surface area contributed by atoms with E-state index < -0.39 is 5.97 Å². The third-order valence-corrected chi connectivity index (χ3v) is 4.23. The van der Waals surface area contributed by atoms with E-state index in [4.69, 9.17) is 5.11 Å². The van der Waals surface area contributed by atoms with E-state index in [9.17, 15) is 9.59 Å². The van der Waals surface area contributed by atoms with Crippen LogP contribution < -0.4 is 10.6 Å². The first-order chi connectivity index (χ1) is 9.90. The Morgan fingerprint density at radius 1 is 1.29 bits per heavy atom. The van der Waals surface area contributed by atoms with Crippen molar-refractivity contribution in [3.8, 4) is 0 Å². The molecule has 0 aromatic carbocycles. The summed E-state index contributed by atoms with van der Waals surface area (Å²) in [6.45, 7) is 6.66. The molecule has 118 valence electrons. The quantitative estimate of drug-likeness (QED) is 0.644. The molecule has 0 aliphatic carbocycles. The third-order valence-electron chi connectivity index (χ3n) is 3.25. The van der Waals surface area contributed by atoms with Gasteiger partial charge in [0.2, 0.25) is 0 Å². The summed E-state index contributed by atoms with van der Waals surface area (Å²) in [6.07, 6.45) is 2.46. The van der Waals surface area contributed by atoms with Crippen molar-refractivity contribution in [3.63, 3.8) is 0 Å². The van der Waals surface area contributed by atoms with Gasteiger partial charge >= 0.3 is 12.0 Å². The van der Waals surface area contributed by atoms with Gasteiger partial charge in [0, 0.05) is 22.7 Å². The normalized spacial score (nSPS) is 12.0. The number of urea groups is 1. The highest BCUT2D eigenvalue weighted by molar-refractivity contribution is 7.12. The summed E-state index contributed by atoms with van der Waals surface area (Å²) in [5.41, 5.74) is 1.16. The lowest BCUT2D eigenvalue weighted by Gasteiger charge is -2.14. The first-order valence-corrected chi connectivity index (χ1v) is 8.05. The summed E-state index contributed by atoms with van der Waals surface area (Å²) in [5.74, 6) is -0.768. The van der Waals surface area contributed by atoms with Gasteiger partial charge in [-0.05, 0) is 45.2 Å². The molecular weight excluding hydrogens is 288 g/mol. The number of unbranched alkanes of at least 4 members (excludes halogenated alkanes) is 2. The number of amides is 2. The minimum atomic E-state index is -0.768. The van der Waals surface area contributed by atoms with Crippen LogP contribution in [0.15, 0.2) is 6.07 Å². The van der Waals surface area contributed by atoms with Gasteiger partial charge in [-0.25, -0.2) is 4.79 Å². The number of carboxylic acid groups (broad SMARTS) is 1. The molecule has 0 spiro atoms. The zero-order valence-corrected chi connectivity index (χ0v) is 13.7. The average molecular weight is 312 g/mol. The topological polar surface area (TPSA) is 78.4 Å². The van der Waals surface area contributed by atoms with E-state index in [1.807, 2.05) is 6.92 Å². The second-order valence-corrected chi connectivity index (χ2v) is 6.66. The van der Waals surface area contributed by atoms with E-state index >= 15 is 0 Å². The van der Waals surface area contributed by atoms with Crippen LogP contribution in [0.3, 0.4) is 0 Å². The van der Waals surface area contributed by atoms with E-state index in [0.717, 1.165) is 18.4 Å². The number of rotatable bonds is 8. The van der Waals surface area contributed by atoms with Gasteiger partial charge < -0.3 is 15.7 Å². The van der Waals surface area contributed by atoms with Crippen LogP contribution >= 0.6 is 11.3 Å². The fraction of sp³-hybridized carbons (Fsp3) is 0.600. The van der Waals surface area contributed by atoms with Gasteiger partial charge in [-0.3, -0.25) is 4.79 Å². The highest BCUT2D eigenvalue weighted by Gasteiger charge is 2.13. The van der Waals surface area contributed by atoms with E-state index in [1.54, 1.807) is 11.3 Å². The molecule has 21 heavy (non-hydrogen) atoms. The van der Waals surface area contributed by atoms with Gasteiger partial charge in [-0.2, -0.15) is 0 Å². The molecule has 0 saturated carbocycles. The van der Waals surface area contributed by atoms with Crippen molar-refractivity contribution in [2.24, 2.45) is 0 Å². The molecule has 0 aliphatic heterocycles. The van der Waals surface area contributed by atoms with Crippen molar-refractivity contribution in [2.75, 3.05) is 6.54 Å². The Kier molecular flexibility index (Phi) is 7.22. The van der Waals surface area contributed by atoms with Gasteiger partial charge in [0.05, 0.1) is 6.04 Å². The Hall–Kier alpha value is -1.56. The molecule has 0 aliphatic rings. The van der Waals surface area contributed by atoms with E-state index in [1.165, 1.54) is 9.75 Å². The lowest BCUT2D eigenvalue weighted by Crippen LogP contribution is -2.37. The molecule has 0 fully saturated rings. The lowest BCUT2D eigenvalue weighted by molar-refractivity contribution is -0.137. The third kappa shape index (κ3) is 6.62. The summed E-state index contributed by atoms with van der Waals surface area (Å²) in [7, 11) is 0. The van der Waals surface area contributed by atoms with Crippen LogP contribution in [-0.2, 0) is 4.79 Å². The Morgan fingerprint density at radius 2 is 2.00 bits per heavy atom. The maximum Gasteiger partial charge on any atom is 0.315 e. The summed E-state index contributed by atoms with van der Waals surface area (Å²) in [5, 5.41) is 14.2. The second-order valence-electron chi connectivity index (χ2n) is 5.19. The molecule has 0 radical (unpaired) electrons. The van der Waals surface area contributed by atoms with Crippen LogP contribution in [0.25, 0.3) is 0 Å². The maximum atomic E-state index is 11.8. The van der Waals surface area contributed by atoms with Crippen molar-refractivity contribution < 1.29 is 14.7 Å². The number of aryl methyl sites for hydroxylation is 2. The fourth-order valence-corrected chi connectivity index (χ4v) is 3.21. The Bertz CT molecular complexity index is 485. The molecule has 6 heteroatoms. The monoisotopic (exact) mass is 312 g/mol. The lowest BCUT2D eigenvalue weighted by atomic mass is 10.1. The number of carbonyl (C=O) groups excluding carboxylic acids is 1. The van der Waals surface area contributed by atoms with E-state index in [2.05, 4.69) is 30.5 Å². The van der Waals surface area contributed by atoms with Crippen molar-refractivity contribution in [1.82, 2.24) is 10.6 Å². The number of carbonyl (C=O) groups is 2. The zero-order valence-electron chi connectivity index (χ0n) is 12.9. The average Bonchev–Trinajstić information content (AvgIpc) is 2.72. The van der Waals surface area contributed by atoms with Crippen LogP contribution in [0.5, 0.6) is 0 Å². The van der Waals surface area contributed by atoms with Gasteiger partial charge in [0.25, 0.3) is 0 Å². The number of thiophene rings is 1. The highest BCUT2D eigenvalue weighted by atomic mass is 32.1. The number of nitrogens with one attached hydrogen (secondary N) is 2. The molecule has 3 N–H and O–H groups in total. The number of aliphatic carboxylic acids is 1.